The first-order valence-corrected chi connectivity index (χ1v) is 6.25. The fourth-order valence-electron chi connectivity index (χ4n) is 1.29. The Kier molecular flexibility index (Phi) is 5.39. The van der Waals surface area contributed by atoms with Gasteiger partial charge in [0.25, 0.3) is 0 Å². The molecule has 1 unspecified atom stereocenters. The number of benzene rings is 1. The third kappa shape index (κ3) is 4.72. The van der Waals surface area contributed by atoms with Crippen molar-refractivity contribution in [2.45, 2.75) is 30.8 Å². The first kappa shape index (κ1) is 13.9. The average Bonchev–Trinajstić information content (AvgIpc) is 2.25. The second kappa shape index (κ2) is 6.58. The van der Waals surface area contributed by atoms with Gasteiger partial charge in [0, 0.05) is 22.8 Å². The predicted octanol–water partition coefficient (Wildman–Crippen LogP) is 2.95. The molecule has 1 aromatic rings. The number of hydrogen-bond donors (Lipinski definition) is 1. The molecule has 1 atom stereocenters. The summed E-state index contributed by atoms with van der Waals surface area (Å²) in [5, 5.41) is 11.9. The molecule has 17 heavy (non-hydrogen) atoms. The second-order valence-electron chi connectivity index (χ2n) is 3.89. The number of thioether (sulfide) groups is 1. The van der Waals surface area contributed by atoms with Crippen LogP contribution in [0.4, 0.5) is 8.78 Å². The number of nitrogens with one attached hydrogen (secondary N) is 1. The zero-order chi connectivity index (χ0) is 12.8. The summed E-state index contributed by atoms with van der Waals surface area (Å²) >= 11 is 1.20. The first-order chi connectivity index (χ1) is 8.02. The lowest BCUT2D eigenvalue weighted by Gasteiger charge is -2.14. The van der Waals surface area contributed by atoms with Crippen LogP contribution in [0.3, 0.4) is 0 Å². The lowest BCUT2D eigenvalue weighted by Crippen LogP contribution is -2.35. The summed E-state index contributed by atoms with van der Waals surface area (Å²) in [7, 11) is 0. The SMILES string of the molecule is CC(C)NC(C#N)CSc1ccc(F)cc1F. The highest BCUT2D eigenvalue weighted by atomic mass is 32.2. The molecule has 0 amide bonds. The summed E-state index contributed by atoms with van der Waals surface area (Å²) in [5.41, 5.74) is 0. The van der Waals surface area contributed by atoms with Gasteiger partial charge in [-0.15, -0.1) is 11.8 Å². The van der Waals surface area contributed by atoms with E-state index in [0.717, 1.165) is 6.07 Å². The van der Waals surface area contributed by atoms with Gasteiger partial charge in [0.05, 0.1) is 6.07 Å². The molecule has 1 rings (SSSR count). The molecule has 0 radical (unpaired) electrons. The van der Waals surface area contributed by atoms with Crippen molar-refractivity contribution in [3.63, 3.8) is 0 Å². The maximum atomic E-state index is 13.3. The van der Waals surface area contributed by atoms with Gasteiger partial charge in [-0.2, -0.15) is 5.26 Å². The molecule has 0 aromatic heterocycles. The molecule has 0 spiro atoms. The maximum Gasteiger partial charge on any atom is 0.139 e. The second-order valence-corrected chi connectivity index (χ2v) is 4.95. The van der Waals surface area contributed by atoms with Gasteiger partial charge >= 0.3 is 0 Å². The van der Waals surface area contributed by atoms with Crippen LogP contribution in [0.5, 0.6) is 0 Å². The van der Waals surface area contributed by atoms with E-state index in [1.807, 2.05) is 13.8 Å². The molecule has 92 valence electrons. The van der Waals surface area contributed by atoms with Crippen LogP contribution in [0.2, 0.25) is 0 Å². The molecule has 0 aliphatic heterocycles. The van der Waals surface area contributed by atoms with Crippen molar-refractivity contribution in [3.05, 3.63) is 29.8 Å². The van der Waals surface area contributed by atoms with Crippen LogP contribution >= 0.6 is 11.8 Å². The van der Waals surface area contributed by atoms with Gasteiger partial charge < -0.3 is 0 Å². The normalized spacial score (nSPS) is 12.5. The summed E-state index contributed by atoms with van der Waals surface area (Å²) in [6, 6.07) is 5.40. The third-order valence-electron chi connectivity index (χ3n) is 1.99. The van der Waals surface area contributed by atoms with Crippen LogP contribution in [0.1, 0.15) is 13.8 Å². The van der Waals surface area contributed by atoms with E-state index < -0.39 is 11.6 Å². The largest absolute Gasteiger partial charge is 0.299 e. The topological polar surface area (TPSA) is 35.8 Å². The Morgan fingerprint density at radius 3 is 2.65 bits per heavy atom. The third-order valence-corrected chi connectivity index (χ3v) is 3.13. The summed E-state index contributed by atoms with van der Waals surface area (Å²) in [5.74, 6) is -0.753. The molecular weight excluding hydrogens is 242 g/mol. The van der Waals surface area contributed by atoms with Gasteiger partial charge in [0.15, 0.2) is 0 Å². The van der Waals surface area contributed by atoms with E-state index in [1.165, 1.54) is 23.9 Å². The Morgan fingerprint density at radius 2 is 2.12 bits per heavy atom. The van der Waals surface area contributed by atoms with Crippen molar-refractivity contribution in [1.29, 1.82) is 5.26 Å². The van der Waals surface area contributed by atoms with E-state index in [0.29, 0.717) is 10.6 Å². The fraction of sp³-hybridized carbons (Fsp3) is 0.417. The Labute approximate surface area is 104 Å². The molecule has 0 fully saturated rings. The number of rotatable bonds is 5. The smallest absolute Gasteiger partial charge is 0.139 e. The lowest BCUT2D eigenvalue weighted by molar-refractivity contribution is 0.557. The monoisotopic (exact) mass is 256 g/mol. The van der Waals surface area contributed by atoms with Gasteiger partial charge in [-0.25, -0.2) is 8.78 Å². The highest BCUT2D eigenvalue weighted by Gasteiger charge is 2.11. The highest BCUT2D eigenvalue weighted by molar-refractivity contribution is 7.99. The summed E-state index contributed by atoms with van der Waals surface area (Å²) in [6.07, 6.45) is 0. The Morgan fingerprint density at radius 1 is 1.41 bits per heavy atom. The fourth-order valence-corrected chi connectivity index (χ4v) is 2.17. The van der Waals surface area contributed by atoms with E-state index in [2.05, 4.69) is 11.4 Å². The van der Waals surface area contributed by atoms with Crippen LogP contribution in [-0.2, 0) is 0 Å². The van der Waals surface area contributed by atoms with Crippen molar-refractivity contribution < 1.29 is 8.78 Å². The van der Waals surface area contributed by atoms with Crippen molar-refractivity contribution >= 4 is 11.8 Å². The predicted molar refractivity (Wildman–Crippen MR) is 64.8 cm³/mol. The Hall–Kier alpha value is -1.12. The van der Waals surface area contributed by atoms with Crippen molar-refractivity contribution in [1.82, 2.24) is 5.32 Å². The molecule has 0 aliphatic carbocycles. The molecule has 1 N–H and O–H groups in total. The quantitative estimate of drug-likeness (QED) is 0.823. The highest BCUT2D eigenvalue weighted by Crippen LogP contribution is 2.22. The van der Waals surface area contributed by atoms with E-state index in [-0.39, 0.29) is 12.1 Å². The molecule has 0 bridgehead atoms. The molecule has 0 saturated heterocycles. The molecule has 2 nitrogen and oxygen atoms in total. The van der Waals surface area contributed by atoms with E-state index in [4.69, 9.17) is 5.26 Å². The minimum absolute atomic E-state index is 0.193. The minimum Gasteiger partial charge on any atom is -0.299 e. The Balaban J connectivity index is 2.57. The first-order valence-electron chi connectivity index (χ1n) is 5.26. The van der Waals surface area contributed by atoms with Crippen LogP contribution in [0.15, 0.2) is 23.1 Å². The van der Waals surface area contributed by atoms with Gasteiger partial charge in [0.1, 0.15) is 17.7 Å². The number of hydrogen-bond acceptors (Lipinski definition) is 3. The zero-order valence-corrected chi connectivity index (χ0v) is 10.5. The van der Waals surface area contributed by atoms with Gasteiger partial charge in [0.2, 0.25) is 0 Å². The molecular formula is C12H14F2N2S. The Bertz CT molecular complexity index is 415. The molecule has 1 aromatic carbocycles. The van der Waals surface area contributed by atoms with Crippen LogP contribution in [-0.4, -0.2) is 17.8 Å². The van der Waals surface area contributed by atoms with E-state index in [1.54, 1.807) is 0 Å². The number of halogens is 2. The summed E-state index contributed by atoms with van der Waals surface area (Å²) < 4.78 is 26.0. The average molecular weight is 256 g/mol. The number of nitrogens with zero attached hydrogens (tertiary/aromatic N) is 1. The zero-order valence-electron chi connectivity index (χ0n) is 9.71. The summed E-state index contributed by atoms with van der Waals surface area (Å²) in [4.78, 5) is 0.359. The van der Waals surface area contributed by atoms with Crippen molar-refractivity contribution in [2.75, 3.05) is 5.75 Å². The van der Waals surface area contributed by atoms with Gasteiger partial charge in [-0.05, 0) is 26.0 Å². The van der Waals surface area contributed by atoms with Gasteiger partial charge in [-0.3, -0.25) is 5.32 Å². The van der Waals surface area contributed by atoms with Crippen LogP contribution < -0.4 is 5.32 Å². The standard InChI is InChI=1S/C12H14F2N2S/c1-8(2)16-10(6-15)7-17-12-4-3-9(13)5-11(12)14/h3-5,8,10,16H,7H2,1-2H3. The van der Waals surface area contributed by atoms with Crippen molar-refractivity contribution in [3.8, 4) is 6.07 Å². The van der Waals surface area contributed by atoms with Crippen molar-refractivity contribution in [2.24, 2.45) is 0 Å². The van der Waals surface area contributed by atoms with E-state index >= 15 is 0 Å². The van der Waals surface area contributed by atoms with Crippen LogP contribution in [0.25, 0.3) is 0 Å². The van der Waals surface area contributed by atoms with Crippen LogP contribution in [0, 0.1) is 23.0 Å². The molecule has 5 heteroatoms. The molecule has 0 aliphatic rings. The lowest BCUT2D eigenvalue weighted by atomic mass is 10.3. The number of nitriles is 1. The van der Waals surface area contributed by atoms with Gasteiger partial charge in [-0.1, -0.05) is 0 Å². The summed E-state index contributed by atoms with van der Waals surface area (Å²) in [6.45, 7) is 3.88. The molecule has 0 heterocycles. The minimum atomic E-state index is -0.594. The van der Waals surface area contributed by atoms with E-state index in [9.17, 15) is 8.78 Å². The molecule has 0 saturated carbocycles. The maximum absolute atomic E-state index is 13.3.